The van der Waals surface area contributed by atoms with Crippen LogP contribution in [0.15, 0.2) is 69.9 Å². The van der Waals surface area contributed by atoms with Crippen LogP contribution < -0.4 is 5.56 Å². The van der Waals surface area contributed by atoms with Crippen molar-refractivity contribution in [2.24, 2.45) is 0 Å². The molecule has 5 rings (SSSR count). The van der Waals surface area contributed by atoms with Crippen LogP contribution in [-0.2, 0) is 6.18 Å². The maximum Gasteiger partial charge on any atom is 0.433 e. The fourth-order valence-corrected chi connectivity index (χ4v) is 3.53. The van der Waals surface area contributed by atoms with Gasteiger partial charge in [-0.3, -0.25) is 9.89 Å². The minimum Gasteiger partial charge on any atom is -0.416 e. The van der Waals surface area contributed by atoms with Crippen LogP contribution in [0.25, 0.3) is 39.7 Å². The average molecular weight is 437 g/mol. The molecule has 0 bridgehead atoms. The normalized spacial score (nSPS) is 11.9. The number of H-pyrrole nitrogens is 1. The molecular weight excluding hydrogens is 423 g/mol. The van der Waals surface area contributed by atoms with Gasteiger partial charge in [-0.05, 0) is 24.6 Å². The minimum atomic E-state index is -4.73. The number of aromatic amines is 1. The molecule has 0 spiro atoms. The van der Waals surface area contributed by atoms with Crippen molar-refractivity contribution in [1.82, 2.24) is 24.8 Å². The van der Waals surface area contributed by atoms with Gasteiger partial charge in [-0.25, -0.2) is 4.98 Å². The number of nitrogens with zero attached hydrogens (tertiary/aromatic N) is 4. The van der Waals surface area contributed by atoms with E-state index in [0.29, 0.717) is 5.56 Å². The Balaban J connectivity index is 1.75. The lowest BCUT2D eigenvalue weighted by atomic mass is 10.1. The first-order chi connectivity index (χ1) is 15.3. The fourth-order valence-electron chi connectivity index (χ4n) is 3.53. The van der Waals surface area contributed by atoms with Gasteiger partial charge in [-0.1, -0.05) is 48.5 Å². The summed E-state index contributed by atoms with van der Waals surface area (Å²) >= 11 is 0. The van der Waals surface area contributed by atoms with Gasteiger partial charge in [0.15, 0.2) is 5.65 Å². The van der Waals surface area contributed by atoms with Crippen molar-refractivity contribution in [3.8, 4) is 34.0 Å². The zero-order chi connectivity index (χ0) is 22.5. The van der Waals surface area contributed by atoms with Crippen molar-refractivity contribution < 1.29 is 17.6 Å². The quantitative estimate of drug-likeness (QED) is 0.441. The van der Waals surface area contributed by atoms with Gasteiger partial charge in [0.2, 0.25) is 5.89 Å². The van der Waals surface area contributed by atoms with Gasteiger partial charge in [0, 0.05) is 5.56 Å². The first-order valence-corrected chi connectivity index (χ1v) is 9.52. The number of nitrogens with one attached hydrogen (secondary N) is 1. The molecule has 10 heteroatoms. The Morgan fingerprint density at radius 2 is 1.47 bits per heavy atom. The van der Waals surface area contributed by atoms with E-state index < -0.39 is 17.4 Å². The summed E-state index contributed by atoms with van der Waals surface area (Å²) < 4.78 is 47.8. The Kier molecular flexibility index (Phi) is 4.43. The van der Waals surface area contributed by atoms with Crippen LogP contribution >= 0.6 is 0 Å². The van der Waals surface area contributed by atoms with Gasteiger partial charge in [0.1, 0.15) is 11.3 Å². The third-order valence-electron chi connectivity index (χ3n) is 4.97. The molecule has 3 aromatic heterocycles. The van der Waals surface area contributed by atoms with Gasteiger partial charge in [0.05, 0.1) is 11.3 Å². The Bertz CT molecular complexity index is 1490. The molecule has 32 heavy (non-hydrogen) atoms. The number of fused-ring (bicyclic) bond motifs is 1. The number of hydrogen-bond acceptors (Lipinski definition) is 5. The molecule has 0 atom stereocenters. The molecule has 0 fully saturated rings. The molecule has 5 aromatic rings. The highest BCUT2D eigenvalue weighted by Crippen LogP contribution is 2.38. The summed E-state index contributed by atoms with van der Waals surface area (Å²) in [6, 6.07) is 16.9. The Hall–Kier alpha value is -4.21. The summed E-state index contributed by atoms with van der Waals surface area (Å²) in [4.78, 5) is 17.5. The van der Waals surface area contributed by atoms with E-state index in [-0.39, 0.29) is 39.8 Å². The van der Waals surface area contributed by atoms with E-state index >= 15 is 0 Å². The second-order valence-electron chi connectivity index (χ2n) is 7.04. The summed E-state index contributed by atoms with van der Waals surface area (Å²) in [6.45, 7) is 1.51. The molecule has 0 radical (unpaired) electrons. The lowest BCUT2D eigenvalue weighted by Crippen LogP contribution is -2.20. The molecule has 0 aliphatic rings. The van der Waals surface area contributed by atoms with Crippen molar-refractivity contribution in [3.63, 3.8) is 0 Å². The van der Waals surface area contributed by atoms with Gasteiger partial charge in [0.25, 0.3) is 11.4 Å². The monoisotopic (exact) mass is 437 g/mol. The minimum absolute atomic E-state index is 0.0771. The van der Waals surface area contributed by atoms with Crippen LogP contribution in [0.2, 0.25) is 0 Å². The molecule has 0 saturated heterocycles. The first-order valence-electron chi connectivity index (χ1n) is 9.52. The molecule has 0 amide bonds. The summed E-state index contributed by atoms with van der Waals surface area (Å²) in [6.07, 6.45) is -4.73. The SMILES string of the molecule is Cc1nc2c(-c3ccccc3)c(C(F)(F)F)[nH]n2c(=O)c1-c1nnc(-c2ccccc2)o1. The summed E-state index contributed by atoms with van der Waals surface area (Å²) in [7, 11) is 0. The number of benzene rings is 2. The lowest BCUT2D eigenvalue weighted by molar-refractivity contribution is -0.140. The number of alkyl halides is 3. The molecule has 0 aliphatic carbocycles. The van der Waals surface area contributed by atoms with E-state index in [2.05, 4.69) is 20.3 Å². The average Bonchev–Trinajstić information content (AvgIpc) is 3.40. The Morgan fingerprint density at radius 1 is 0.875 bits per heavy atom. The maximum atomic E-state index is 13.8. The highest BCUT2D eigenvalue weighted by atomic mass is 19.4. The molecule has 0 unspecified atom stereocenters. The smallest absolute Gasteiger partial charge is 0.416 e. The van der Waals surface area contributed by atoms with E-state index in [1.165, 1.54) is 19.1 Å². The number of aromatic nitrogens is 5. The number of rotatable bonds is 3. The van der Waals surface area contributed by atoms with Gasteiger partial charge in [-0.15, -0.1) is 10.2 Å². The third kappa shape index (κ3) is 3.16. The van der Waals surface area contributed by atoms with E-state index in [9.17, 15) is 18.0 Å². The fraction of sp³-hybridized carbons (Fsp3) is 0.0909. The topological polar surface area (TPSA) is 89.1 Å². The Morgan fingerprint density at radius 3 is 2.09 bits per heavy atom. The predicted molar refractivity (Wildman–Crippen MR) is 110 cm³/mol. The van der Waals surface area contributed by atoms with Gasteiger partial charge < -0.3 is 4.42 Å². The van der Waals surface area contributed by atoms with Crippen LogP contribution in [0, 0.1) is 6.92 Å². The number of aryl methyl sites for hydroxylation is 1. The zero-order valence-electron chi connectivity index (χ0n) is 16.5. The van der Waals surface area contributed by atoms with Crippen LogP contribution in [0.5, 0.6) is 0 Å². The van der Waals surface area contributed by atoms with E-state index in [0.717, 1.165) is 4.52 Å². The highest BCUT2D eigenvalue weighted by Gasteiger charge is 2.38. The molecule has 0 aliphatic heterocycles. The second kappa shape index (κ2) is 7.19. The standard InChI is InChI=1S/C22H14F3N5O2/c1-12-15(20-28-27-19(32-20)14-10-6-3-7-11-14)21(31)30-18(26-12)16(13-8-4-2-5-9-13)17(29-30)22(23,24)25/h2-11,29H,1H3. The number of halogens is 3. The van der Waals surface area contributed by atoms with Crippen LogP contribution in [0.1, 0.15) is 11.4 Å². The summed E-state index contributed by atoms with van der Waals surface area (Å²) in [5.41, 5.74) is -1.18. The Labute approximate surface area is 178 Å². The van der Waals surface area contributed by atoms with Crippen molar-refractivity contribution >= 4 is 5.65 Å². The molecule has 3 heterocycles. The maximum absolute atomic E-state index is 13.8. The molecular formula is C22H14F3N5O2. The predicted octanol–water partition coefficient (Wildman–Crippen LogP) is 4.73. The molecule has 1 N–H and O–H groups in total. The highest BCUT2D eigenvalue weighted by molar-refractivity contribution is 5.81. The van der Waals surface area contributed by atoms with Crippen molar-refractivity contribution in [2.75, 3.05) is 0 Å². The summed E-state index contributed by atoms with van der Waals surface area (Å²) in [5, 5.41) is 10.0. The van der Waals surface area contributed by atoms with Gasteiger partial charge >= 0.3 is 6.18 Å². The van der Waals surface area contributed by atoms with Crippen LogP contribution in [0.3, 0.4) is 0 Å². The molecule has 0 saturated carbocycles. The van der Waals surface area contributed by atoms with Crippen molar-refractivity contribution in [2.45, 2.75) is 13.1 Å². The van der Waals surface area contributed by atoms with Crippen LogP contribution in [-0.4, -0.2) is 24.8 Å². The van der Waals surface area contributed by atoms with E-state index in [4.69, 9.17) is 4.42 Å². The van der Waals surface area contributed by atoms with Crippen molar-refractivity contribution in [1.29, 1.82) is 0 Å². The second-order valence-corrected chi connectivity index (χ2v) is 7.04. The number of hydrogen-bond donors (Lipinski definition) is 1. The molecule has 160 valence electrons. The first kappa shape index (κ1) is 19.7. The van der Waals surface area contributed by atoms with E-state index in [1.54, 1.807) is 42.5 Å². The molecule has 7 nitrogen and oxygen atoms in total. The largest absolute Gasteiger partial charge is 0.433 e. The van der Waals surface area contributed by atoms with Gasteiger partial charge in [-0.2, -0.15) is 17.7 Å². The lowest BCUT2D eigenvalue weighted by Gasteiger charge is -2.07. The van der Waals surface area contributed by atoms with Crippen LogP contribution in [0.4, 0.5) is 13.2 Å². The van der Waals surface area contributed by atoms with E-state index in [1.807, 2.05) is 6.07 Å². The molecule has 2 aromatic carbocycles. The zero-order valence-corrected chi connectivity index (χ0v) is 16.5. The summed E-state index contributed by atoms with van der Waals surface area (Å²) in [5.74, 6) is 0.0506. The van der Waals surface area contributed by atoms with Crippen molar-refractivity contribution in [3.05, 3.63) is 82.4 Å². The third-order valence-corrected chi connectivity index (χ3v) is 4.97.